The number of imide groups is 1. The summed E-state index contributed by atoms with van der Waals surface area (Å²) in [5.41, 5.74) is 12.9. The largest absolute Gasteiger partial charge is 0.480 e. The number of aliphatic carboxylic acids is 1. The Hall–Kier alpha value is -3.36. The molecule has 0 saturated carbocycles. The van der Waals surface area contributed by atoms with Crippen LogP contribution in [0.15, 0.2) is 59.5 Å². The van der Waals surface area contributed by atoms with E-state index in [1.54, 1.807) is 30.3 Å². The van der Waals surface area contributed by atoms with Gasteiger partial charge < -0.3 is 26.0 Å². The number of ether oxygens (including phenoxy) is 2. The number of amides is 2. The van der Waals surface area contributed by atoms with Gasteiger partial charge in [-0.2, -0.15) is 4.31 Å². The van der Waals surface area contributed by atoms with Crippen LogP contribution in [0.5, 0.6) is 0 Å². The molecule has 2 atom stereocenters. The fourth-order valence-corrected chi connectivity index (χ4v) is 5.67. The third-order valence-electron chi connectivity index (χ3n) is 6.47. The Balaban J connectivity index is 1.75. The molecular formula is C27H36N4O8S. The molecule has 0 radical (unpaired) electrons. The minimum atomic E-state index is -3.70. The number of hydrogen-bond acceptors (Lipinski definition) is 9. The normalized spacial score (nSPS) is 15.7. The van der Waals surface area contributed by atoms with Gasteiger partial charge in [0.15, 0.2) is 0 Å². The third kappa shape index (κ3) is 8.32. The lowest BCUT2D eigenvalue weighted by Crippen LogP contribution is -2.55. The fraction of sp³-hybridized carbons (Fsp3) is 0.444. The van der Waals surface area contributed by atoms with E-state index in [1.807, 2.05) is 0 Å². The molecule has 0 spiro atoms. The van der Waals surface area contributed by atoms with Gasteiger partial charge in [-0.25, -0.2) is 22.9 Å². The van der Waals surface area contributed by atoms with Crippen molar-refractivity contribution in [1.82, 2.24) is 9.21 Å². The van der Waals surface area contributed by atoms with E-state index in [0.717, 1.165) is 0 Å². The van der Waals surface area contributed by atoms with Crippen LogP contribution in [0.2, 0.25) is 0 Å². The average molecular weight is 577 g/mol. The van der Waals surface area contributed by atoms with E-state index >= 15 is 0 Å². The van der Waals surface area contributed by atoms with Crippen molar-refractivity contribution in [3.8, 4) is 0 Å². The zero-order chi connectivity index (χ0) is 29.1. The SMILES string of the molecule is NCCCC[C@@H](C(=O)O)N(C(=O)OCc1ccccc1)C(=O)[C@@H](N)Cc1ccc(S(=O)(=O)N2CCOCC2)cc1. The van der Waals surface area contributed by atoms with Crippen LogP contribution in [-0.2, 0) is 42.1 Å². The number of unbranched alkanes of at least 4 members (excludes halogenated alkanes) is 1. The standard InChI is InChI=1S/C27H36N4O8S/c28-13-5-4-8-24(26(33)34)31(27(35)39-19-21-6-2-1-3-7-21)25(32)23(29)18-20-9-11-22(12-10-20)40(36,37)30-14-16-38-17-15-30/h1-3,6-7,9-12,23-24H,4-5,8,13-19,28-29H2,(H,33,34)/t23-,24-/m0/s1. The molecule has 2 amide bonds. The molecule has 1 aliphatic rings. The predicted octanol–water partition coefficient (Wildman–Crippen LogP) is 1.32. The van der Waals surface area contributed by atoms with E-state index in [0.29, 0.717) is 48.6 Å². The molecule has 0 aliphatic carbocycles. The molecule has 0 unspecified atom stereocenters. The first-order valence-corrected chi connectivity index (χ1v) is 14.5. The van der Waals surface area contributed by atoms with Crippen LogP contribution in [0.3, 0.4) is 0 Å². The quantitative estimate of drug-likeness (QED) is 0.294. The lowest BCUT2D eigenvalue weighted by atomic mass is 10.0. The minimum Gasteiger partial charge on any atom is -0.480 e. The van der Waals surface area contributed by atoms with Gasteiger partial charge in [0.05, 0.1) is 24.2 Å². The van der Waals surface area contributed by atoms with Crippen LogP contribution in [0.1, 0.15) is 30.4 Å². The van der Waals surface area contributed by atoms with Crippen LogP contribution >= 0.6 is 0 Å². The average Bonchev–Trinajstić information content (AvgIpc) is 2.96. The summed E-state index contributed by atoms with van der Waals surface area (Å²) in [7, 11) is -3.70. The van der Waals surface area contributed by atoms with Gasteiger partial charge in [0.2, 0.25) is 15.9 Å². The Bertz CT molecular complexity index is 1230. The van der Waals surface area contributed by atoms with E-state index in [4.69, 9.17) is 20.9 Å². The Kier molecular flexibility index (Phi) is 11.6. The topological polar surface area (TPSA) is 183 Å². The highest BCUT2D eigenvalue weighted by molar-refractivity contribution is 7.89. The number of carbonyl (C=O) groups excluding carboxylic acids is 2. The first-order valence-electron chi connectivity index (χ1n) is 13.0. The summed E-state index contributed by atoms with van der Waals surface area (Å²) in [6.45, 7) is 1.33. The van der Waals surface area contributed by atoms with Crippen molar-refractivity contribution in [3.05, 3.63) is 65.7 Å². The molecule has 1 aliphatic heterocycles. The molecule has 12 nitrogen and oxygen atoms in total. The van der Waals surface area contributed by atoms with E-state index in [1.165, 1.54) is 28.6 Å². The number of sulfonamides is 1. The molecule has 0 aromatic heterocycles. The van der Waals surface area contributed by atoms with E-state index < -0.39 is 40.1 Å². The number of nitrogens with zero attached hydrogens (tertiary/aromatic N) is 2. The van der Waals surface area contributed by atoms with Crippen LogP contribution in [0, 0.1) is 0 Å². The number of hydrogen-bond donors (Lipinski definition) is 3. The van der Waals surface area contributed by atoms with Crippen LogP contribution in [0.4, 0.5) is 4.79 Å². The van der Waals surface area contributed by atoms with Crippen molar-refractivity contribution in [2.75, 3.05) is 32.8 Å². The summed E-state index contributed by atoms with van der Waals surface area (Å²) in [6, 6.07) is 11.9. The Morgan fingerprint density at radius 3 is 2.25 bits per heavy atom. The lowest BCUT2D eigenvalue weighted by molar-refractivity contribution is -0.149. The van der Waals surface area contributed by atoms with Crippen LogP contribution in [-0.4, -0.2) is 85.6 Å². The number of benzene rings is 2. The fourth-order valence-electron chi connectivity index (χ4n) is 4.26. The maximum atomic E-state index is 13.4. The number of carboxylic acids is 1. The summed E-state index contributed by atoms with van der Waals surface area (Å²) < 4.78 is 37.6. The molecule has 5 N–H and O–H groups in total. The van der Waals surface area contributed by atoms with E-state index in [-0.39, 0.29) is 37.4 Å². The molecule has 1 heterocycles. The van der Waals surface area contributed by atoms with Crippen molar-refractivity contribution in [2.24, 2.45) is 11.5 Å². The zero-order valence-electron chi connectivity index (χ0n) is 22.2. The zero-order valence-corrected chi connectivity index (χ0v) is 23.0. The van der Waals surface area contributed by atoms with E-state index in [2.05, 4.69) is 0 Å². The van der Waals surface area contributed by atoms with Crippen molar-refractivity contribution in [3.63, 3.8) is 0 Å². The second kappa shape index (κ2) is 14.9. The number of carbonyl (C=O) groups is 3. The minimum absolute atomic E-state index is 0.0144. The second-order valence-electron chi connectivity index (χ2n) is 9.36. The highest BCUT2D eigenvalue weighted by atomic mass is 32.2. The number of nitrogens with two attached hydrogens (primary N) is 2. The molecule has 40 heavy (non-hydrogen) atoms. The maximum Gasteiger partial charge on any atom is 0.417 e. The molecular weight excluding hydrogens is 540 g/mol. The van der Waals surface area contributed by atoms with E-state index in [9.17, 15) is 27.9 Å². The smallest absolute Gasteiger partial charge is 0.417 e. The molecule has 2 aromatic rings. The molecule has 1 saturated heterocycles. The van der Waals surface area contributed by atoms with Crippen molar-refractivity contribution in [1.29, 1.82) is 0 Å². The van der Waals surface area contributed by atoms with Gasteiger partial charge in [-0.1, -0.05) is 42.5 Å². The molecule has 13 heteroatoms. The summed E-state index contributed by atoms with van der Waals surface area (Å²) in [6.07, 6.45) is -0.307. The Labute approximate surface area is 233 Å². The summed E-state index contributed by atoms with van der Waals surface area (Å²) in [5, 5.41) is 9.87. The number of carboxylic acid groups (broad SMARTS) is 1. The lowest BCUT2D eigenvalue weighted by Gasteiger charge is -2.29. The first-order chi connectivity index (χ1) is 19.1. The summed E-state index contributed by atoms with van der Waals surface area (Å²) in [4.78, 5) is 39.3. The molecule has 218 valence electrons. The third-order valence-corrected chi connectivity index (χ3v) is 8.38. The highest BCUT2D eigenvalue weighted by Crippen LogP contribution is 2.20. The monoisotopic (exact) mass is 576 g/mol. The molecule has 1 fully saturated rings. The number of morpholine rings is 1. The second-order valence-corrected chi connectivity index (χ2v) is 11.3. The molecule has 0 bridgehead atoms. The Morgan fingerprint density at radius 2 is 1.65 bits per heavy atom. The number of rotatable bonds is 13. The van der Waals surface area contributed by atoms with Gasteiger partial charge in [0, 0.05) is 13.1 Å². The van der Waals surface area contributed by atoms with Gasteiger partial charge >= 0.3 is 12.1 Å². The van der Waals surface area contributed by atoms with Gasteiger partial charge in [-0.05, 0) is 55.5 Å². The highest BCUT2D eigenvalue weighted by Gasteiger charge is 2.38. The molecule has 3 rings (SSSR count). The maximum absolute atomic E-state index is 13.4. The Morgan fingerprint density at radius 1 is 1.00 bits per heavy atom. The van der Waals surface area contributed by atoms with Crippen LogP contribution < -0.4 is 11.5 Å². The van der Waals surface area contributed by atoms with Crippen molar-refractivity contribution < 1.29 is 37.4 Å². The van der Waals surface area contributed by atoms with Crippen molar-refractivity contribution >= 4 is 28.0 Å². The van der Waals surface area contributed by atoms with Gasteiger partial charge in [-0.3, -0.25) is 4.79 Å². The van der Waals surface area contributed by atoms with Gasteiger partial charge in [0.1, 0.15) is 12.6 Å². The van der Waals surface area contributed by atoms with Gasteiger partial charge in [0.25, 0.3) is 0 Å². The first kappa shape index (κ1) is 31.2. The summed E-state index contributed by atoms with van der Waals surface area (Å²) in [5.74, 6) is -2.28. The predicted molar refractivity (Wildman–Crippen MR) is 146 cm³/mol. The molecule has 2 aromatic carbocycles. The van der Waals surface area contributed by atoms with Gasteiger partial charge in [-0.15, -0.1) is 0 Å². The summed E-state index contributed by atoms with van der Waals surface area (Å²) >= 11 is 0. The van der Waals surface area contributed by atoms with Crippen LogP contribution in [0.25, 0.3) is 0 Å². The van der Waals surface area contributed by atoms with Crippen molar-refractivity contribution in [2.45, 2.75) is 49.3 Å².